The zero-order valence-electron chi connectivity index (χ0n) is 12.4. The summed E-state index contributed by atoms with van der Waals surface area (Å²) in [5, 5.41) is 3.81. The predicted octanol–water partition coefficient (Wildman–Crippen LogP) is 4.50. The molecule has 1 N–H and O–H groups in total. The van der Waals surface area contributed by atoms with E-state index < -0.39 is 0 Å². The van der Waals surface area contributed by atoms with Crippen LogP contribution >= 0.6 is 11.6 Å². The van der Waals surface area contributed by atoms with Gasteiger partial charge in [0.1, 0.15) is 11.6 Å². The Morgan fingerprint density at radius 2 is 2.05 bits per heavy atom. The number of rotatable bonds is 5. The van der Waals surface area contributed by atoms with E-state index in [1.54, 1.807) is 20.1 Å². The SMILES string of the molecule is CCNC(c1cccc(OC)c1)c1cc(C)c(F)cc1Cl. The highest BCUT2D eigenvalue weighted by molar-refractivity contribution is 6.31. The molecule has 0 aliphatic rings. The van der Waals surface area contributed by atoms with E-state index in [4.69, 9.17) is 16.3 Å². The Labute approximate surface area is 129 Å². The lowest BCUT2D eigenvalue weighted by atomic mass is 9.96. The molecule has 0 heterocycles. The molecule has 2 aromatic carbocycles. The Bertz CT molecular complexity index is 630. The van der Waals surface area contributed by atoms with E-state index in [-0.39, 0.29) is 11.9 Å². The van der Waals surface area contributed by atoms with Crippen molar-refractivity contribution in [2.45, 2.75) is 19.9 Å². The molecule has 0 bridgehead atoms. The van der Waals surface area contributed by atoms with E-state index in [1.165, 1.54) is 6.07 Å². The molecule has 0 amide bonds. The van der Waals surface area contributed by atoms with Crippen LogP contribution in [0.25, 0.3) is 0 Å². The molecule has 21 heavy (non-hydrogen) atoms. The van der Waals surface area contributed by atoms with Crippen molar-refractivity contribution in [2.24, 2.45) is 0 Å². The second kappa shape index (κ2) is 6.92. The minimum Gasteiger partial charge on any atom is -0.497 e. The van der Waals surface area contributed by atoms with Crippen molar-refractivity contribution < 1.29 is 9.13 Å². The summed E-state index contributed by atoms with van der Waals surface area (Å²) in [6.45, 7) is 4.54. The average molecular weight is 308 g/mol. The van der Waals surface area contributed by atoms with Crippen LogP contribution in [0.1, 0.15) is 29.7 Å². The summed E-state index contributed by atoms with van der Waals surface area (Å²) in [6, 6.07) is 10.9. The Balaban J connectivity index is 2.50. The van der Waals surface area contributed by atoms with Crippen LogP contribution in [0.4, 0.5) is 4.39 Å². The van der Waals surface area contributed by atoms with Crippen LogP contribution in [-0.2, 0) is 0 Å². The standard InChI is InChI=1S/C17H19ClFNO/c1-4-20-17(12-6-5-7-13(9-12)21-3)14-8-11(2)16(19)10-15(14)18/h5-10,17,20H,4H2,1-3H3. The number of hydrogen-bond donors (Lipinski definition) is 1. The minimum absolute atomic E-state index is 0.100. The van der Waals surface area contributed by atoms with Crippen LogP contribution in [0.2, 0.25) is 5.02 Å². The molecule has 4 heteroatoms. The van der Waals surface area contributed by atoms with Crippen molar-refractivity contribution in [1.82, 2.24) is 5.32 Å². The van der Waals surface area contributed by atoms with Crippen LogP contribution in [0.15, 0.2) is 36.4 Å². The number of methoxy groups -OCH3 is 1. The van der Waals surface area contributed by atoms with Gasteiger partial charge in [-0.3, -0.25) is 0 Å². The van der Waals surface area contributed by atoms with Gasteiger partial charge in [-0.15, -0.1) is 0 Å². The van der Waals surface area contributed by atoms with E-state index >= 15 is 0 Å². The molecule has 2 rings (SSSR count). The number of nitrogens with one attached hydrogen (secondary N) is 1. The lowest BCUT2D eigenvalue weighted by Gasteiger charge is -2.21. The smallest absolute Gasteiger partial charge is 0.127 e. The van der Waals surface area contributed by atoms with Crippen LogP contribution in [0, 0.1) is 12.7 Å². The summed E-state index contributed by atoms with van der Waals surface area (Å²) in [4.78, 5) is 0. The maximum atomic E-state index is 13.6. The van der Waals surface area contributed by atoms with Crippen LogP contribution in [0.5, 0.6) is 5.75 Å². The van der Waals surface area contributed by atoms with Gasteiger partial charge in [-0.05, 0) is 54.4 Å². The van der Waals surface area contributed by atoms with E-state index in [2.05, 4.69) is 5.32 Å². The molecule has 0 aromatic heterocycles. The molecule has 1 atom stereocenters. The van der Waals surface area contributed by atoms with Crippen molar-refractivity contribution in [3.05, 3.63) is 63.9 Å². The average Bonchev–Trinajstić information content (AvgIpc) is 2.49. The maximum absolute atomic E-state index is 13.6. The molecular formula is C17H19ClFNO. The van der Waals surface area contributed by atoms with Gasteiger partial charge in [-0.25, -0.2) is 4.39 Å². The zero-order valence-corrected chi connectivity index (χ0v) is 13.2. The summed E-state index contributed by atoms with van der Waals surface area (Å²) in [5.74, 6) is 0.495. The fraction of sp³-hybridized carbons (Fsp3) is 0.294. The third kappa shape index (κ3) is 3.55. The third-order valence-corrected chi connectivity index (χ3v) is 3.75. The van der Waals surface area contributed by atoms with Gasteiger partial charge in [-0.2, -0.15) is 0 Å². The second-order valence-electron chi connectivity index (χ2n) is 4.89. The van der Waals surface area contributed by atoms with Crippen molar-refractivity contribution in [2.75, 3.05) is 13.7 Å². The van der Waals surface area contributed by atoms with Gasteiger partial charge in [0.15, 0.2) is 0 Å². The number of aryl methyl sites for hydroxylation is 1. The van der Waals surface area contributed by atoms with E-state index in [9.17, 15) is 4.39 Å². The second-order valence-corrected chi connectivity index (χ2v) is 5.30. The van der Waals surface area contributed by atoms with Gasteiger partial charge in [0.05, 0.1) is 13.2 Å². The number of ether oxygens (including phenoxy) is 1. The molecule has 1 unspecified atom stereocenters. The van der Waals surface area contributed by atoms with E-state index in [0.717, 1.165) is 23.4 Å². The molecule has 0 aliphatic heterocycles. The molecule has 0 fully saturated rings. The van der Waals surface area contributed by atoms with Gasteiger partial charge >= 0.3 is 0 Å². The van der Waals surface area contributed by atoms with Crippen LogP contribution < -0.4 is 10.1 Å². The first-order chi connectivity index (χ1) is 10.1. The predicted molar refractivity (Wildman–Crippen MR) is 84.7 cm³/mol. The quantitative estimate of drug-likeness (QED) is 0.878. The van der Waals surface area contributed by atoms with Gasteiger partial charge in [-0.1, -0.05) is 30.7 Å². The highest BCUT2D eigenvalue weighted by Crippen LogP contribution is 2.31. The summed E-state index contributed by atoms with van der Waals surface area (Å²) in [7, 11) is 1.64. The first kappa shape index (κ1) is 15.8. The van der Waals surface area contributed by atoms with Crippen molar-refractivity contribution in [3.8, 4) is 5.75 Å². The van der Waals surface area contributed by atoms with Crippen LogP contribution in [0.3, 0.4) is 0 Å². The lowest BCUT2D eigenvalue weighted by molar-refractivity contribution is 0.413. The number of hydrogen-bond acceptors (Lipinski definition) is 2. The monoisotopic (exact) mass is 307 g/mol. The molecule has 2 nitrogen and oxygen atoms in total. The highest BCUT2D eigenvalue weighted by atomic mass is 35.5. The molecule has 0 aliphatic carbocycles. The van der Waals surface area contributed by atoms with Gasteiger partial charge in [0.2, 0.25) is 0 Å². The topological polar surface area (TPSA) is 21.3 Å². The summed E-state index contributed by atoms with van der Waals surface area (Å²) >= 11 is 6.24. The number of halogens is 2. The van der Waals surface area contributed by atoms with Gasteiger partial charge < -0.3 is 10.1 Å². The molecule has 0 spiro atoms. The van der Waals surface area contributed by atoms with Gasteiger partial charge in [0.25, 0.3) is 0 Å². The van der Waals surface area contributed by atoms with E-state index in [0.29, 0.717) is 10.6 Å². The summed E-state index contributed by atoms with van der Waals surface area (Å²) in [6.07, 6.45) is 0. The summed E-state index contributed by atoms with van der Waals surface area (Å²) in [5.41, 5.74) is 2.48. The van der Waals surface area contributed by atoms with Crippen LogP contribution in [-0.4, -0.2) is 13.7 Å². The molecule has 0 radical (unpaired) electrons. The third-order valence-electron chi connectivity index (χ3n) is 3.42. The zero-order chi connectivity index (χ0) is 15.4. The molecule has 2 aromatic rings. The number of benzene rings is 2. The summed E-state index contributed by atoms with van der Waals surface area (Å²) < 4.78 is 18.9. The Hall–Kier alpha value is -1.58. The first-order valence-corrected chi connectivity index (χ1v) is 7.27. The molecule has 112 valence electrons. The molecular weight excluding hydrogens is 289 g/mol. The Morgan fingerprint density at radius 1 is 1.29 bits per heavy atom. The van der Waals surface area contributed by atoms with Crippen molar-refractivity contribution in [1.29, 1.82) is 0 Å². The fourth-order valence-electron chi connectivity index (χ4n) is 2.33. The lowest BCUT2D eigenvalue weighted by Crippen LogP contribution is -2.22. The fourth-order valence-corrected chi connectivity index (χ4v) is 2.59. The largest absolute Gasteiger partial charge is 0.497 e. The van der Waals surface area contributed by atoms with E-state index in [1.807, 2.05) is 31.2 Å². The van der Waals surface area contributed by atoms with Gasteiger partial charge in [0, 0.05) is 5.02 Å². The Kier molecular flexibility index (Phi) is 5.21. The minimum atomic E-state index is -0.287. The Morgan fingerprint density at radius 3 is 2.71 bits per heavy atom. The maximum Gasteiger partial charge on any atom is 0.127 e. The molecule has 0 saturated carbocycles. The highest BCUT2D eigenvalue weighted by Gasteiger charge is 2.18. The first-order valence-electron chi connectivity index (χ1n) is 6.89. The van der Waals surface area contributed by atoms with Crippen molar-refractivity contribution >= 4 is 11.6 Å². The van der Waals surface area contributed by atoms with Crippen molar-refractivity contribution in [3.63, 3.8) is 0 Å². The normalized spacial score (nSPS) is 12.2. The molecule has 0 saturated heterocycles.